The SMILES string of the molecule is COC(C)OC1CCN(c2nc(C(C)(C)C)nc3nc[nH]c23)C1. The Morgan fingerprint density at radius 1 is 1.35 bits per heavy atom. The van der Waals surface area contributed by atoms with Gasteiger partial charge in [0.05, 0.1) is 12.4 Å². The van der Waals surface area contributed by atoms with Gasteiger partial charge < -0.3 is 19.4 Å². The quantitative estimate of drug-likeness (QED) is 0.871. The molecule has 0 saturated carbocycles. The van der Waals surface area contributed by atoms with Crippen molar-refractivity contribution in [1.29, 1.82) is 0 Å². The van der Waals surface area contributed by atoms with Gasteiger partial charge in [-0.05, 0) is 13.3 Å². The first-order valence-corrected chi connectivity index (χ1v) is 8.03. The minimum absolute atomic E-state index is 0.123. The lowest BCUT2D eigenvalue weighted by atomic mass is 9.96. The summed E-state index contributed by atoms with van der Waals surface area (Å²) in [6, 6.07) is 0. The van der Waals surface area contributed by atoms with E-state index in [1.165, 1.54) is 0 Å². The molecule has 0 aromatic carbocycles. The van der Waals surface area contributed by atoms with Crippen molar-refractivity contribution in [2.45, 2.75) is 51.9 Å². The molecule has 7 heteroatoms. The summed E-state index contributed by atoms with van der Waals surface area (Å²) in [5, 5.41) is 0. The van der Waals surface area contributed by atoms with Crippen LogP contribution in [0.4, 0.5) is 5.82 Å². The number of hydrogen-bond donors (Lipinski definition) is 1. The minimum Gasteiger partial charge on any atom is -0.356 e. The van der Waals surface area contributed by atoms with Crippen LogP contribution in [0.25, 0.3) is 11.2 Å². The number of aromatic amines is 1. The number of nitrogens with zero attached hydrogens (tertiary/aromatic N) is 4. The van der Waals surface area contributed by atoms with Crippen LogP contribution < -0.4 is 4.90 Å². The van der Waals surface area contributed by atoms with Crippen LogP contribution >= 0.6 is 0 Å². The maximum atomic E-state index is 5.87. The van der Waals surface area contributed by atoms with E-state index in [0.29, 0.717) is 0 Å². The second-order valence-electron chi connectivity index (χ2n) is 7.02. The van der Waals surface area contributed by atoms with Gasteiger partial charge in [-0.2, -0.15) is 0 Å². The van der Waals surface area contributed by atoms with E-state index in [2.05, 4.69) is 40.6 Å². The summed E-state index contributed by atoms with van der Waals surface area (Å²) in [5.41, 5.74) is 1.48. The zero-order chi connectivity index (χ0) is 16.6. The predicted octanol–water partition coefficient (Wildman–Crippen LogP) is 2.24. The fourth-order valence-corrected chi connectivity index (χ4v) is 2.74. The number of fused-ring (bicyclic) bond motifs is 1. The van der Waals surface area contributed by atoms with E-state index in [1.807, 2.05) is 6.92 Å². The van der Waals surface area contributed by atoms with Crippen LogP contribution in [0.1, 0.15) is 39.9 Å². The van der Waals surface area contributed by atoms with Gasteiger partial charge in [-0.3, -0.25) is 0 Å². The molecule has 7 nitrogen and oxygen atoms in total. The van der Waals surface area contributed by atoms with Crippen molar-refractivity contribution >= 4 is 17.0 Å². The summed E-state index contributed by atoms with van der Waals surface area (Å²) in [6.45, 7) is 9.94. The molecule has 1 aliphatic heterocycles. The van der Waals surface area contributed by atoms with Crippen LogP contribution in [0.3, 0.4) is 0 Å². The van der Waals surface area contributed by atoms with Crippen molar-refractivity contribution in [1.82, 2.24) is 19.9 Å². The number of aromatic nitrogens is 4. The van der Waals surface area contributed by atoms with Crippen LogP contribution in [0.5, 0.6) is 0 Å². The van der Waals surface area contributed by atoms with E-state index in [0.717, 1.165) is 42.3 Å². The second-order valence-corrected chi connectivity index (χ2v) is 7.02. The third-order valence-electron chi connectivity index (χ3n) is 4.10. The van der Waals surface area contributed by atoms with Gasteiger partial charge in [0.1, 0.15) is 11.3 Å². The topological polar surface area (TPSA) is 76.2 Å². The van der Waals surface area contributed by atoms with E-state index in [9.17, 15) is 0 Å². The maximum Gasteiger partial charge on any atom is 0.183 e. The molecule has 0 aliphatic carbocycles. The standard InChI is InChI=1S/C16H25N5O2/c1-10(22-5)23-11-6-7-21(8-11)14-12-13(18-9-17-12)19-15(20-14)16(2,3)4/h9-11H,6-8H2,1-5H3,(H,17,18,19,20). The fourth-order valence-electron chi connectivity index (χ4n) is 2.74. The fraction of sp³-hybridized carbons (Fsp3) is 0.688. The molecule has 2 aromatic heterocycles. The predicted molar refractivity (Wildman–Crippen MR) is 88.6 cm³/mol. The third-order valence-corrected chi connectivity index (χ3v) is 4.10. The molecular weight excluding hydrogens is 294 g/mol. The summed E-state index contributed by atoms with van der Waals surface area (Å²) in [7, 11) is 1.66. The van der Waals surface area contributed by atoms with Crippen molar-refractivity contribution < 1.29 is 9.47 Å². The first-order valence-electron chi connectivity index (χ1n) is 8.03. The molecule has 0 bridgehead atoms. The highest BCUT2D eigenvalue weighted by atomic mass is 16.7. The molecule has 126 valence electrons. The van der Waals surface area contributed by atoms with Crippen molar-refractivity contribution in [2.24, 2.45) is 0 Å². The number of ether oxygens (including phenoxy) is 2. The van der Waals surface area contributed by atoms with Crippen LogP contribution in [0.2, 0.25) is 0 Å². The lowest BCUT2D eigenvalue weighted by molar-refractivity contribution is -0.137. The molecule has 3 rings (SSSR count). The van der Waals surface area contributed by atoms with Gasteiger partial charge in [-0.25, -0.2) is 15.0 Å². The number of H-pyrrole nitrogens is 1. The molecule has 0 spiro atoms. The van der Waals surface area contributed by atoms with Crippen molar-refractivity contribution in [3.8, 4) is 0 Å². The van der Waals surface area contributed by atoms with Gasteiger partial charge in [0.25, 0.3) is 0 Å². The molecule has 0 amide bonds. The summed E-state index contributed by atoms with van der Waals surface area (Å²) in [4.78, 5) is 19.1. The largest absolute Gasteiger partial charge is 0.356 e. The molecule has 0 radical (unpaired) electrons. The first-order chi connectivity index (χ1) is 10.9. The van der Waals surface area contributed by atoms with Crippen molar-refractivity contribution in [2.75, 3.05) is 25.1 Å². The number of nitrogens with one attached hydrogen (secondary N) is 1. The molecule has 2 unspecified atom stereocenters. The molecule has 1 fully saturated rings. The number of imidazole rings is 1. The molecule has 2 aromatic rings. The average molecular weight is 319 g/mol. The molecule has 23 heavy (non-hydrogen) atoms. The highest BCUT2D eigenvalue weighted by Gasteiger charge is 2.29. The van der Waals surface area contributed by atoms with Gasteiger partial charge in [-0.1, -0.05) is 20.8 Å². The summed E-state index contributed by atoms with van der Waals surface area (Å²) in [6.07, 6.45) is 2.59. The first kappa shape index (κ1) is 16.1. The Hall–Kier alpha value is -1.73. The second kappa shape index (κ2) is 6.05. The molecule has 1 aliphatic rings. The van der Waals surface area contributed by atoms with Gasteiger partial charge in [0.2, 0.25) is 0 Å². The Morgan fingerprint density at radius 3 is 2.83 bits per heavy atom. The number of anilines is 1. The van der Waals surface area contributed by atoms with E-state index in [-0.39, 0.29) is 17.8 Å². The van der Waals surface area contributed by atoms with Gasteiger partial charge in [0.15, 0.2) is 17.8 Å². The smallest absolute Gasteiger partial charge is 0.183 e. The van der Waals surface area contributed by atoms with E-state index in [4.69, 9.17) is 14.5 Å². The van der Waals surface area contributed by atoms with Gasteiger partial charge in [-0.15, -0.1) is 0 Å². The van der Waals surface area contributed by atoms with Crippen molar-refractivity contribution in [3.05, 3.63) is 12.2 Å². The molecule has 1 saturated heterocycles. The van der Waals surface area contributed by atoms with Gasteiger partial charge >= 0.3 is 0 Å². The van der Waals surface area contributed by atoms with Crippen LogP contribution in [-0.4, -0.2) is 52.5 Å². The zero-order valence-corrected chi connectivity index (χ0v) is 14.5. The van der Waals surface area contributed by atoms with E-state index >= 15 is 0 Å². The molecular formula is C16H25N5O2. The lowest BCUT2D eigenvalue weighted by Crippen LogP contribution is -2.28. The minimum atomic E-state index is -0.192. The Morgan fingerprint density at radius 2 is 2.13 bits per heavy atom. The summed E-state index contributed by atoms with van der Waals surface area (Å²) in [5.74, 6) is 1.72. The van der Waals surface area contributed by atoms with E-state index < -0.39 is 0 Å². The highest BCUT2D eigenvalue weighted by molar-refractivity contribution is 5.83. The van der Waals surface area contributed by atoms with Crippen molar-refractivity contribution in [3.63, 3.8) is 0 Å². The van der Waals surface area contributed by atoms with Gasteiger partial charge in [0, 0.05) is 25.6 Å². The highest BCUT2D eigenvalue weighted by Crippen LogP contribution is 2.29. The van der Waals surface area contributed by atoms with E-state index in [1.54, 1.807) is 13.4 Å². The number of hydrogen-bond acceptors (Lipinski definition) is 6. The Bertz CT molecular complexity index is 679. The molecule has 3 heterocycles. The zero-order valence-electron chi connectivity index (χ0n) is 14.5. The third kappa shape index (κ3) is 3.30. The molecule has 2 atom stereocenters. The lowest BCUT2D eigenvalue weighted by Gasteiger charge is -2.22. The monoisotopic (exact) mass is 319 g/mol. The van der Waals surface area contributed by atoms with Crippen LogP contribution in [0.15, 0.2) is 6.33 Å². The average Bonchev–Trinajstić information content (AvgIpc) is 3.13. The number of methoxy groups -OCH3 is 1. The van der Waals surface area contributed by atoms with Crippen LogP contribution in [0, 0.1) is 0 Å². The normalized spacial score (nSPS) is 20.4. The Balaban J connectivity index is 1.89. The van der Waals surface area contributed by atoms with Crippen LogP contribution in [-0.2, 0) is 14.9 Å². The number of rotatable bonds is 4. The summed E-state index contributed by atoms with van der Waals surface area (Å²) < 4.78 is 11.1. The molecule has 1 N–H and O–H groups in total. The Kier molecular flexibility index (Phi) is 4.25. The Labute approximate surface area is 136 Å². The maximum absolute atomic E-state index is 5.87. The summed E-state index contributed by atoms with van der Waals surface area (Å²) >= 11 is 0.